The first-order chi connectivity index (χ1) is 12.2. The van der Waals surface area contributed by atoms with Crippen molar-refractivity contribution < 1.29 is 14.7 Å². The van der Waals surface area contributed by atoms with Crippen LogP contribution < -0.4 is 5.32 Å². The van der Waals surface area contributed by atoms with Crippen LogP contribution in [0.1, 0.15) is 36.7 Å². The summed E-state index contributed by atoms with van der Waals surface area (Å²) in [5, 5.41) is 17.0. The number of hydrogen-bond acceptors (Lipinski definition) is 3. The second kappa shape index (κ2) is 8.56. The Bertz CT molecular complexity index is 833. The van der Waals surface area contributed by atoms with Crippen molar-refractivity contribution in [1.82, 2.24) is 15.1 Å². The van der Waals surface area contributed by atoms with Crippen LogP contribution in [-0.2, 0) is 16.0 Å². The number of carbonyl (C=O) groups is 2. The molecule has 0 saturated heterocycles. The molecule has 2 N–H and O–H groups in total. The van der Waals surface area contributed by atoms with Crippen LogP contribution in [0.15, 0.2) is 18.2 Å². The van der Waals surface area contributed by atoms with Crippen molar-refractivity contribution in [2.75, 3.05) is 0 Å². The van der Waals surface area contributed by atoms with Crippen LogP contribution in [0.5, 0.6) is 0 Å². The van der Waals surface area contributed by atoms with Crippen molar-refractivity contribution >= 4 is 35.1 Å². The number of nitrogens with zero attached hydrogens (tertiary/aromatic N) is 2. The van der Waals surface area contributed by atoms with E-state index in [4.69, 9.17) is 28.3 Å². The molecule has 0 fully saturated rings. The van der Waals surface area contributed by atoms with E-state index in [9.17, 15) is 9.59 Å². The van der Waals surface area contributed by atoms with E-state index in [1.165, 1.54) is 0 Å². The second-order valence-corrected chi connectivity index (χ2v) is 7.08. The summed E-state index contributed by atoms with van der Waals surface area (Å²) >= 11 is 12.2. The predicted octanol–water partition coefficient (Wildman–Crippen LogP) is 3.71. The van der Waals surface area contributed by atoms with Crippen molar-refractivity contribution in [2.24, 2.45) is 0 Å². The van der Waals surface area contributed by atoms with E-state index in [0.717, 1.165) is 17.0 Å². The summed E-state index contributed by atoms with van der Waals surface area (Å²) in [4.78, 5) is 22.9. The Labute approximate surface area is 162 Å². The third-order valence-corrected chi connectivity index (χ3v) is 4.65. The molecule has 2 rings (SSSR count). The van der Waals surface area contributed by atoms with Crippen molar-refractivity contribution in [1.29, 1.82) is 0 Å². The fourth-order valence-corrected chi connectivity index (χ4v) is 3.21. The number of nitrogens with one attached hydrogen (secondary N) is 1. The van der Waals surface area contributed by atoms with Crippen LogP contribution in [0.3, 0.4) is 0 Å². The highest BCUT2D eigenvalue weighted by Gasteiger charge is 2.18. The van der Waals surface area contributed by atoms with Gasteiger partial charge in [0.05, 0.1) is 22.8 Å². The van der Waals surface area contributed by atoms with Gasteiger partial charge in [0.15, 0.2) is 0 Å². The molecule has 0 spiro atoms. The summed E-state index contributed by atoms with van der Waals surface area (Å²) in [6.07, 6.45) is 0.575. The molecular formula is C18H21Cl2N3O3. The number of rotatable bonds is 7. The molecule has 0 bridgehead atoms. The number of halogens is 2. The number of aromatic nitrogens is 2. The van der Waals surface area contributed by atoms with Gasteiger partial charge in [-0.3, -0.25) is 9.59 Å². The highest BCUT2D eigenvalue weighted by atomic mass is 35.5. The molecule has 1 atom stereocenters. The Kier molecular flexibility index (Phi) is 6.67. The molecule has 1 aromatic carbocycles. The maximum Gasteiger partial charge on any atom is 0.303 e. The Balaban J connectivity index is 2.15. The van der Waals surface area contributed by atoms with Crippen molar-refractivity contribution in [3.8, 4) is 5.69 Å². The van der Waals surface area contributed by atoms with E-state index >= 15 is 0 Å². The SMILES string of the molecule is Cc1nn(-c2ccc(Cl)cc2Cl)c(C)c1CC(=O)NC(C)CCC(=O)O. The fourth-order valence-electron chi connectivity index (χ4n) is 2.72. The second-order valence-electron chi connectivity index (χ2n) is 6.23. The van der Waals surface area contributed by atoms with Gasteiger partial charge in [0.2, 0.25) is 5.91 Å². The molecule has 1 amide bonds. The molecule has 6 nitrogen and oxygen atoms in total. The van der Waals surface area contributed by atoms with Gasteiger partial charge in [-0.15, -0.1) is 0 Å². The molecule has 1 aromatic heterocycles. The van der Waals surface area contributed by atoms with Gasteiger partial charge in [-0.25, -0.2) is 4.68 Å². The van der Waals surface area contributed by atoms with E-state index < -0.39 is 5.97 Å². The number of carboxylic acid groups (broad SMARTS) is 1. The van der Waals surface area contributed by atoms with Crippen molar-refractivity contribution in [3.05, 3.63) is 45.2 Å². The Morgan fingerprint density at radius 2 is 2.00 bits per heavy atom. The van der Waals surface area contributed by atoms with E-state index in [2.05, 4.69) is 10.4 Å². The number of carboxylic acids is 1. The zero-order valence-electron chi connectivity index (χ0n) is 14.8. The largest absolute Gasteiger partial charge is 0.481 e. The summed E-state index contributed by atoms with van der Waals surface area (Å²) < 4.78 is 1.70. The molecule has 2 aromatic rings. The van der Waals surface area contributed by atoms with Crippen LogP contribution in [0.2, 0.25) is 10.0 Å². The highest BCUT2D eigenvalue weighted by Crippen LogP contribution is 2.27. The van der Waals surface area contributed by atoms with Gasteiger partial charge >= 0.3 is 5.97 Å². The zero-order valence-corrected chi connectivity index (χ0v) is 16.4. The Morgan fingerprint density at radius 1 is 1.31 bits per heavy atom. The minimum absolute atomic E-state index is 0.0203. The highest BCUT2D eigenvalue weighted by molar-refractivity contribution is 6.35. The van der Waals surface area contributed by atoms with Crippen LogP contribution in [0.25, 0.3) is 5.69 Å². The molecule has 0 radical (unpaired) electrons. The molecule has 0 aliphatic carbocycles. The number of aliphatic carboxylic acids is 1. The number of carbonyl (C=O) groups excluding carboxylic acids is 1. The minimum atomic E-state index is -0.876. The van der Waals surface area contributed by atoms with E-state index in [1.807, 2.05) is 13.8 Å². The molecule has 1 heterocycles. The first-order valence-electron chi connectivity index (χ1n) is 8.20. The lowest BCUT2D eigenvalue weighted by Gasteiger charge is -2.13. The molecule has 0 aliphatic heterocycles. The first-order valence-corrected chi connectivity index (χ1v) is 8.96. The zero-order chi connectivity index (χ0) is 19.4. The fraction of sp³-hybridized carbons (Fsp3) is 0.389. The average Bonchev–Trinajstić information content (AvgIpc) is 2.81. The van der Waals surface area contributed by atoms with E-state index in [1.54, 1.807) is 29.8 Å². The van der Waals surface area contributed by atoms with Crippen molar-refractivity contribution in [2.45, 2.75) is 46.1 Å². The lowest BCUT2D eigenvalue weighted by Crippen LogP contribution is -2.34. The monoisotopic (exact) mass is 397 g/mol. The normalized spacial score (nSPS) is 12.0. The summed E-state index contributed by atoms with van der Waals surface area (Å²) in [5.74, 6) is -1.05. The number of amides is 1. The van der Waals surface area contributed by atoms with Gasteiger partial charge in [0.1, 0.15) is 0 Å². The van der Waals surface area contributed by atoms with Crippen LogP contribution >= 0.6 is 23.2 Å². The third kappa shape index (κ3) is 4.99. The maximum absolute atomic E-state index is 12.3. The maximum atomic E-state index is 12.3. The molecular weight excluding hydrogens is 377 g/mol. The first kappa shape index (κ1) is 20.3. The topological polar surface area (TPSA) is 84.2 Å². The Hall–Kier alpha value is -2.05. The number of hydrogen-bond donors (Lipinski definition) is 2. The summed E-state index contributed by atoms with van der Waals surface area (Å²) in [7, 11) is 0. The molecule has 8 heteroatoms. The van der Waals surface area contributed by atoms with Gasteiger partial charge in [0.25, 0.3) is 0 Å². The molecule has 0 aliphatic rings. The standard InChI is InChI=1S/C18H21Cl2N3O3/c1-10(4-7-18(25)26)21-17(24)9-14-11(2)22-23(12(14)3)16-6-5-13(19)8-15(16)20/h5-6,8,10H,4,7,9H2,1-3H3,(H,21,24)(H,25,26). The van der Waals surface area contributed by atoms with Gasteiger partial charge in [-0.2, -0.15) is 5.10 Å². The van der Waals surface area contributed by atoms with E-state index in [0.29, 0.717) is 22.2 Å². The molecule has 0 saturated carbocycles. The minimum Gasteiger partial charge on any atom is -0.481 e. The van der Waals surface area contributed by atoms with Gasteiger partial charge in [-0.05, 0) is 45.4 Å². The number of aryl methyl sites for hydroxylation is 1. The quantitative estimate of drug-likeness (QED) is 0.745. The lowest BCUT2D eigenvalue weighted by atomic mass is 10.1. The summed E-state index contributed by atoms with van der Waals surface area (Å²) in [5.41, 5.74) is 3.07. The molecule has 26 heavy (non-hydrogen) atoms. The Morgan fingerprint density at radius 3 is 2.62 bits per heavy atom. The number of benzene rings is 1. The van der Waals surface area contributed by atoms with Gasteiger partial charge in [-0.1, -0.05) is 23.2 Å². The third-order valence-electron chi connectivity index (χ3n) is 4.12. The predicted molar refractivity (Wildman–Crippen MR) is 101 cm³/mol. The summed E-state index contributed by atoms with van der Waals surface area (Å²) in [6.45, 7) is 5.50. The average molecular weight is 398 g/mol. The van der Waals surface area contributed by atoms with Gasteiger partial charge in [0, 0.05) is 28.7 Å². The summed E-state index contributed by atoms with van der Waals surface area (Å²) in [6, 6.07) is 4.95. The van der Waals surface area contributed by atoms with Crippen LogP contribution in [0, 0.1) is 13.8 Å². The lowest BCUT2D eigenvalue weighted by molar-refractivity contribution is -0.137. The molecule has 140 valence electrons. The van der Waals surface area contributed by atoms with Gasteiger partial charge < -0.3 is 10.4 Å². The van der Waals surface area contributed by atoms with Crippen LogP contribution in [0.4, 0.5) is 0 Å². The molecule has 1 unspecified atom stereocenters. The van der Waals surface area contributed by atoms with Crippen molar-refractivity contribution in [3.63, 3.8) is 0 Å². The van der Waals surface area contributed by atoms with Crippen LogP contribution in [-0.4, -0.2) is 32.8 Å². The smallest absolute Gasteiger partial charge is 0.303 e. The van der Waals surface area contributed by atoms with E-state index in [-0.39, 0.29) is 24.8 Å².